The van der Waals surface area contributed by atoms with Crippen LogP contribution in [0.1, 0.15) is 52.7 Å². The molecular weight excluding hydrogens is 448 g/mol. The Balaban J connectivity index is 1.46. The fraction of sp³-hybridized carbons (Fsp3) is 0.500. The number of carbonyl (C=O) groups is 2. The molecule has 3 aliphatic rings. The van der Waals surface area contributed by atoms with Gasteiger partial charge < -0.3 is 23.8 Å². The number of benzene rings is 1. The molecule has 9 heteroatoms. The number of carbonyl (C=O) groups excluding carboxylic acids is 2. The SMILES string of the molecule is CCN1C(=O)N2Cc3cc(OC)cc(OC)c3CC=C2C12CCN(C(=O)c1c(C)noc1C)CC2. The Morgan fingerprint density at radius 2 is 1.91 bits per heavy atom. The summed E-state index contributed by atoms with van der Waals surface area (Å²) in [6, 6.07) is 3.90. The summed E-state index contributed by atoms with van der Waals surface area (Å²) in [5, 5.41) is 3.94. The molecule has 0 saturated carbocycles. The van der Waals surface area contributed by atoms with Gasteiger partial charge in [0.15, 0.2) is 0 Å². The van der Waals surface area contributed by atoms with E-state index in [0.717, 1.165) is 22.6 Å². The predicted octanol–water partition coefficient (Wildman–Crippen LogP) is 3.68. The number of allylic oxidation sites excluding steroid dienone is 1. The largest absolute Gasteiger partial charge is 0.497 e. The van der Waals surface area contributed by atoms with Gasteiger partial charge in [0.05, 0.1) is 32.0 Å². The molecule has 2 fully saturated rings. The number of aryl methyl sites for hydroxylation is 2. The van der Waals surface area contributed by atoms with E-state index < -0.39 is 5.54 Å². The first-order valence-corrected chi connectivity index (χ1v) is 12.1. The van der Waals surface area contributed by atoms with Crippen LogP contribution in [0.25, 0.3) is 0 Å². The first-order chi connectivity index (χ1) is 16.8. The lowest BCUT2D eigenvalue weighted by molar-refractivity contribution is 0.0574. The van der Waals surface area contributed by atoms with Crippen LogP contribution in [0.5, 0.6) is 11.5 Å². The fourth-order valence-corrected chi connectivity index (χ4v) is 5.98. The smallest absolute Gasteiger partial charge is 0.325 e. The van der Waals surface area contributed by atoms with Gasteiger partial charge in [-0.25, -0.2) is 4.79 Å². The minimum absolute atomic E-state index is 0.0129. The van der Waals surface area contributed by atoms with Gasteiger partial charge >= 0.3 is 6.03 Å². The van der Waals surface area contributed by atoms with Gasteiger partial charge in [-0.15, -0.1) is 0 Å². The van der Waals surface area contributed by atoms with E-state index in [9.17, 15) is 9.59 Å². The van der Waals surface area contributed by atoms with E-state index in [-0.39, 0.29) is 11.9 Å². The van der Waals surface area contributed by atoms with Crippen LogP contribution < -0.4 is 9.47 Å². The Bertz CT molecular complexity index is 1190. The third-order valence-electron chi connectivity index (χ3n) is 7.75. The number of urea groups is 1. The molecule has 2 saturated heterocycles. The highest BCUT2D eigenvalue weighted by Gasteiger charge is 2.55. The number of likely N-dealkylation sites (N-methyl/N-ethyl adjacent to an activating group) is 1. The molecule has 0 radical (unpaired) electrons. The number of likely N-dealkylation sites (tertiary alicyclic amines) is 1. The molecule has 0 N–H and O–H groups in total. The predicted molar refractivity (Wildman–Crippen MR) is 128 cm³/mol. The summed E-state index contributed by atoms with van der Waals surface area (Å²) in [5.74, 6) is 1.97. The molecule has 0 atom stereocenters. The lowest BCUT2D eigenvalue weighted by Crippen LogP contribution is -2.54. The summed E-state index contributed by atoms with van der Waals surface area (Å²) < 4.78 is 16.3. The zero-order valence-corrected chi connectivity index (χ0v) is 21.0. The maximum atomic E-state index is 13.7. The molecule has 0 unspecified atom stereocenters. The highest BCUT2D eigenvalue weighted by atomic mass is 16.5. The number of hydrogen-bond acceptors (Lipinski definition) is 6. The maximum absolute atomic E-state index is 13.7. The number of hydrogen-bond donors (Lipinski definition) is 0. The second-order valence-corrected chi connectivity index (χ2v) is 9.40. The van der Waals surface area contributed by atoms with Crippen molar-refractivity contribution in [2.45, 2.75) is 52.1 Å². The van der Waals surface area contributed by atoms with Crippen molar-refractivity contribution >= 4 is 11.9 Å². The van der Waals surface area contributed by atoms with Crippen molar-refractivity contribution in [3.05, 3.63) is 52.1 Å². The van der Waals surface area contributed by atoms with E-state index in [0.29, 0.717) is 68.2 Å². The van der Waals surface area contributed by atoms with Crippen molar-refractivity contribution < 1.29 is 23.6 Å². The highest BCUT2D eigenvalue weighted by Crippen LogP contribution is 2.47. The average molecular weight is 481 g/mol. The number of aromatic nitrogens is 1. The number of ether oxygens (including phenoxy) is 2. The maximum Gasteiger partial charge on any atom is 0.325 e. The van der Waals surface area contributed by atoms with Gasteiger partial charge in [0, 0.05) is 37.0 Å². The van der Waals surface area contributed by atoms with Gasteiger partial charge in [-0.1, -0.05) is 11.2 Å². The zero-order chi connectivity index (χ0) is 24.9. The third-order valence-corrected chi connectivity index (χ3v) is 7.75. The Morgan fingerprint density at radius 3 is 2.51 bits per heavy atom. The summed E-state index contributed by atoms with van der Waals surface area (Å²) in [6.45, 7) is 7.77. The zero-order valence-electron chi connectivity index (χ0n) is 21.0. The van der Waals surface area contributed by atoms with Crippen LogP contribution in [0.3, 0.4) is 0 Å². The fourth-order valence-electron chi connectivity index (χ4n) is 5.98. The number of fused-ring (bicyclic) bond motifs is 3. The molecule has 3 aliphatic heterocycles. The second kappa shape index (κ2) is 8.62. The van der Waals surface area contributed by atoms with Crippen LogP contribution in [0, 0.1) is 13.8 Å². The first kappa shape index (κ1) is 23.3. The Morgan fingerprint density at radius 1 is 1.17 bits per heavy atom. The summed E-state index contributed by atoms with van der Waals surface area (Å²) in [7, 11) is 3.29. The lowest BCUT2D eigenvalue weighted by Gasteiger charge is -2.44. The van der Waals surface area contributed by atoms with Crippen molar-refractivity contribution in [2.75, 3.05) is 33.9 Å². The molecule has 1 aromatic carbocycles. The molecule has 35 heavy (non-hydrogen) atoms. The van der Waals surface area contributed by atoms with Crippen molar-refractivity contribution in [3.63, 3.8) is 0 Å². The summed E-state index contributed by atoms with van der Waals surface area (Å²) in [5.41, 5.74) is 3.86. The van der Waals surface area contributed by atoms with E-state index in [1.807, 2.05) is 33.8 Å². The number of methoxy groups -OCH3 is 2. The monoisotopic (exact) mass is 480 g/mol. The topological polar surface area (TPSA) is 88.4 Å². The van der Waals surface area contributed by atoms with E-state index in [2.05, 4.69) is 11.2 Å². The third kappa shape index (κ3) is 3.47. The molecule has 0 bridgehead atoms. The number of piperidine rings is 1. The van der Waals surface area contributed by atoms with Gasteiger partial charge in [-0.05, 0) is 51.7 Å². The minimum atomic E-state index is -0.430. The van der Waals surface area contributed by atoms with Crippen LogP contribution in [-0.2, 0) is 13.0 Å². The standard InChI is InChI=1S/C26H32N4O5/c1-6-30-25(32)29-15-18-13-19(33-4)14-21(34-5)20(18)7-8-22(29)26(30)9-11-28(12-10-26)24(31)23-16(2)27-35-17(23)3/h8,13-14H,6-7,9-12,15H2,1-5H3. The Labute approximate surface area is 205 Å². The second-order valence-electron chi connectivity index (χ2n) is 9.40. The quantitative estimate of drug-likeness (QED) is 0.663. The van der Waals surface area contributed by atoms with Gasteiger partial charge in [0.1, 0.15) is 22.8 Å². The first-order valence-electron chi connectivity index (χ1n) is 12.1. The van der Waals surface area contributed by atoms with Crippen molar-refractivity contribution in [1.29, 1.82) is 0 Å². The molecule has 4 heterocycles. The van der Waals surface area contributed by atoms with Crippen molar-refractivity contribution in [1.82, 2.24) is 19.9 Å². The van der Waals surface area contributed by atoms with E-state index in [1.165, 1.54) is 0 Å². The molecule has 0 aliphatic carbocycles. The molecular formula is C26H32N4O5. The molecule has 2 aromatic rings. The van der Waals surface area contributed by atoms with Crippen LogP contribution in [0.15, 0.2) is 28.4 Å². The minimum Gasteiger partial charge on any atom is -0.497 e. The van der Waals surface area contributed by atoms with E-state index >= 15 is 0 Å². The highest BCUT2D eigenvalue weighted by molar-refractivity contribution is 5.96. The van der Waals surface area contributed by atoms with Crippen LogP contribution in [0.4, 0.5) is 4.79 Å². The Kier molecular flexibility index (Phi) is 5.73. The van der Waals surface area contributed by atoms with Crippen molar-refractivity contribution in [2.24, 2.45) is 0 Å². The molecule has 186 valence electrons. The van der Waals surface area contributed by atoms with E-state index in [1.54, 1.807) is 28.1 Å². The number of rotatable bonds is 4. The molecule has 1 spiro atoms. The lowest BCUT2D eigenvalue weighted by atomic mass is 9.82. The molecule has 5 rings (SSSR count). The van der Waals surface area contributed by atoms with Crippen LogP contribution in [-0.4, -0.2) is 71.2 Å². The molecule has 3 amide bonds. The number of nitrogens with zero attached hydrogens (tertiary/aromatic N) is 4. The average Bonchev–Trinajstić information content (AvgIpc) is 3.20. The number of amides is 3. The molecule has 1 aromatic heterocycles. The van der Waals surface area contributed by atoms with Gasteiger partial charge in [-0.3, -0.25) is 9.69 Å². The molecule has 9 nitrogen and oxygen atoms in total. The van der Waals surface area contributed by atoms with E-state index in [4.69, 9.17) is 14.0 Å². The van der Waals surface area contributed by atoms with Gasteiger partial charge in [0.25, 0.3) is 5.91 Å². The summed E-state index contributed by atoms with van der Waals surface area (Å²) in [6.07, 6.45) is 4.21. The summed E-state index contributed by atoms with van der Waals surface area (Å²) in [4.78, 5) is 32.6. The van der Waals surface area contributed by atoms with Crippen molar-refractivity contribution in [3.8, 4) is 11.5 Å². The summed E-state index contributed by atoms with van der Waals surface area (Å²) >= 11 is 0. The van der Waals surface area contributed by atoms with Crippen LogP contribution in [0.2, 0.25) is 0 Å². The Hall–Kier alpha value is -3.49. The van der Waals surface area contributed by atoms with Gasteiger partial charge in [-0.2, -0.15) is 0 Å². The normalized spacial score (nSPS) is 18.8. The van der Waals surface area contributed by atoms with Gasteiger partial charge in [0.2, 0.25) is 0 Å². The van der Waals surface area contributed by atoms with Crippen LogP contribution >= 0.6 is 0 Å².